The van der Waals surface area contributed by atoms with Crippen LogP contribution in [-0.2, 0) is 0 Å². The Labute approximate surface area is 161 Å². The van der Waals surface area contributed by atoms with Crippen LogP contribution in [-0.4, -0.2) is 29.1 Å². The quantitative estimate of drug-likeness (QED) is 0.587. The Morgan fingerprint density at radius 3 is 2.25 bits per heavy atom. The summed E-state index contributed by atoms with van der Waals surface area (Å²) in [4.78, 5) is 14.4. The fraction of sp³-hybridized carbons (Fsp3) is 0.190. The van der Waals surface area contributed by atoms with Crippen LogP contribution < -0.4 is 9.64 Å². The van der Waals surface area contributed by atoms with Gasteiger partial charge in [-0.1, -0.05) is 12.1 Å². The number of phenols is 2. The number of carbonyl (C=O) groups excluding carboxylic acids is 1. The average molecular weight is 375 g/mol. The molecule has 1 aliphatic heterocycles. The maximum absolute atomic E-state index is 12.4. The van der Waals surface area contributed by atoms with Crippen molar-refractivity contribution in [3.05, 3.63) is 53.3 Å². The minimum Gasteiger partial charge on any atom is -0.504 e. The van der Waals surface area contributed by atoms with E-state index < -0.39 is 5.75 Å². The van der Waals surface area contributed by atoms with E-state index in [0.29, 0.717) is 31.5 Å². The normalized spacial score (nSPS) is 13.5. The van der Waals surface area contributed by atoms with Crippen molar-refractivity contribution < 1.29 is 19.7 Å². The lowest BCUT2D eigenvalue weighted by Gasteiger charge is -2.22. The number of allylic oxidation sites excluding steroid dienone is 1. The summed E-state index contributed by atoms with van der Waals surface area (Å²) in [7, 11) is 0. The van der Waals surface area contributed by atoms with Gasteiger partial charge < -0.3 is 19.8 Å². The highest BCUT2D eigenvalue weighted by Crippen LogP contribution is 2.44. The fourth-order valence-electron chi connectivity index (χ4n) is 2.90. The molecule has 0 saturated heterocycles. The van der Waals surface area contributed by atoms with E-state index >= 15 is 0 Å². The lowest BCUT2D eigenvalue weighted by Crippen LogP contribution is -2.25. The standard InChI is InChI=1S/C21H17N3O4/c22-9-1-11-24(12-2-10-23)15-5-3-14(4-6-15)13-18-19(26)16-7-8-17(25)20(27)21(16)28-18/h3-8,13,25,27H,1-2,11-12H2/b18-13-. The second kappa shape index (κ2) is 8.15. The van der Waals surface area contributed by atoms with Crippen LogP contribution in [0.2, 0.25) is 0 Å². The highest BCUT2D eigenvalue weighted by atomic mass is 16.5. The van der Waals surface area contributed by atoms with Gasteiger partial charge in [0.1, 0.15) is 0 Å². The van der Waals surface area contributed by atoms with Crippen LogP contribution in [0.5, 0.6) is 17.2 Å². The second-order valence-electron chi connectivity index (χ2n) is 6.14. The van der Waals surface area contributed by atoms with Gasteiger partial charge in [-0.15, -0.1) is 0 Å². The van der Waals surface area contributed by atoms with Crippen molar-refractivity contribution in [2.45, 2.75) is 12.8 Å². The Hall–Kier alpha value is -3.97. The number of Topliss-reactive ketones (excluding diaryl/α,β-unsaturated/α-hetero) is 1. The van der Waals surface area contributed by atoms with Crippen molar-refractivity contribution in [3.63, 3.8) is 0 Å². The third kappa shape index (κ3) is 3.74. The molecule has 140 valence electrons. The number of rotatable bonds is 6. The zero-order chi connectivity index (χ0) is 20.1. The van der Waals surface area contributed by atoms with Gasteiger partial charge in [-0.3, -0.25) is 4.79 Å². The highest BCUT2D eigenvalue weighted by molar-refractivity contribution is 6.15. The van der Waals surface area contributed by atoms with Gasteiger partial charge >= 0.3 is 0 Å². The van der Waals surface area contributed by atoms with Crippen LogP contribution in [0.25, 0.3) is 6.08 Å². The smallest absolute Gasteiger partial charge is 0.232 e. The molecular formula is C21H17N3O4. The van der Waals surface area contributed by atoms with Crippen molar-refractivity contribution >= 4 is 17.5 Å². The first-order valence-electron chi connectivity index (χ1n) is 8.63. The second-order valence-corrected chi connectivity index (χ2v) is 6.14. The van der Waals surface area contributed by atoms with Crippen LogP contribution in [0.1, 0.15) is 28.8 Å². The number of anilines is 1. The molecule has 7 nitrogen and oxygen atoms in total. The van der Waals surface area contributed by atoms with E-state index in [9.17, 15) is 15.0 Å². The van der Waals surface area contributed by atoms with Crippen molar-refractivity contribution in [2.75, 3.05) is 18.0 Å². The van der Waals surface area contributed by atoms with Gasteiger partial charge in [-0.25, -0.2) is 0 Å². The first-order chi connectivity index (χ1) is 13.5. The monoisotopic (exact) mass is 375 g/mol. The molecule has 2 aromatic carbocycles. The minimum atomic E-state index is -0.463. The molecule has 0 saturated carbocycles. The number of phenolic OH excluding ortho intramolecular Hbond substituents is 2. The van der Waals surface area contributed by atoms with Gasteiger partial charge in [0.05, 0.1) is 30.5 Å². The number of nitrogens with zero attached hydrogens (tertiary/aromatic N) is 3. The molecule has 3 rings (SSSR count). The summed E-state index contributed by atoms with van der Waals surface area (Å²) in [5.41, 5.74) is 1.78. The number of ether oxygens (including phenoxy) is 1. The summed E-state index contributed by atoms with van der Waals surface area (Å²) < 4.78 is 5.44. The van der Waals surface area contributed by atoms with E-state index in [-0.39, 0.29) is 28.6 Å². The van der Waals surface area contributed by atoms with Crippen LogP contribution in [0, 0.1) is 22.7 Å². The summed E-state index contributed by atoms with van der Waals surface area (Å²) in [5, 5.41) is 37.0. The van der Waals surface area contributed by atoms with Crippen LogP contribution in [0.3, 0.4) is 0 Å². The van der Waals surface area contributed by atoms with Crippen LogP contribution >= 0.6 is 0 Å². The van der Waals surface area contributed by atoms with E-state index in [2.05, 4.69) is 12.1 Å². The highest BCUT2D eigenvalue weighted by Gasteiger charge is 2.31. The summed E-state index contributed by atoms with van der Waals surface area (Å²) in [6.45, 7) is 1.05. The zero-order valence-corrected chi connectivity index (χ0v) is 14.9. The zero-order valence-electron chi connectivity index (χ0n) is 14.9. The number of ketones is 1. The van der Waals surface area contributed by atoms with E-state index in [0.717, 1.165) is 5.69 Å². The van der Waals surface area contributed by atoms with Crippen LogP contribution in [0.4, 0.5) is 5.69 Å². The molecular weight excluding hydrogens is 358 g/mol. The number of hydrogen-bond donors (Lipinski definition) is 2. The van der Waals surface area contributed by atoms with Gasteiger partial charge in [0.15, 0.2) is 17.3 Å². The third-order valence-corrected chi connectivity index (χ3v) is 4.33. The minimum absolute atomic E-state index is 0.0490. The largest absolute Gasteiger partial charge is 0.504 e. The number of benzene rings is 2. The summed E-state index contributed by atoms with van der Waals surface area (Å²) >= 11 is 0. The van der Waals surface area contributed by atoms with Gasteiger partial charge in [0.25, 0.3) is 0 Å². The summed E-state index contributed by atoms with van der Waals surface area (Å²) in [6.07, 6.45) is 2.26. The van der Waals surface area contributed by atoms with Crippen molar-refractivity contribution in [3.8, 4) is 29.4 Å². The molecule has 0 aliphatic carbocycles. The number of carbonyl (C=O) groups is 1. The Morgan fingerprint density at radius 2 is 1.64 bits per heavy atom. The molecule has 0 bridgehead atoms. The van der Waals surface area contributed by atoms with Gasteiger partial charge in [0, 0.05) is 18.8 Å². The molecule has 1 heterocycles. The molecule has 1 aliphatic rings. The first kappa shape index (κ1) is 18.8. The molecule has 0 amide bonds. The molecule has 0 aromatic heterocycles. The number of hydrogen-bond acceptors (Lipinski definition) is 7. The summed E-state index contributed by atoms with van der Waals surface area (Å²) in [6, 6.07) is 14.1. The molecule has 7 heteroatoms. The van der Waals surface area contributed by atoms with Crippen molar-refractivity contribution in [1.82, 2.24) is 0 Å². The Morgan fingerprint density at radius 1 is 1.00 bits per heavy atom. The van der Waals surface area contributed by atoms with E-state index in [1.807, 2.05) is 17.0 Å². The molecule has 0 fully saturated rings. The molecule has 28 heavy (non-hydrogen) atoms. The Balaban J connectivity index is 1.80. The van der Waals surface area contributed by atoms with Gasteiger partial charge in [0.2, 0.25) is 11.5 Å². The molecule has 0 atom stereocenters. The molecule has 0 radical (unpaired) electrons. The predicted molar refractivity (Wildman–Crippen MR) is 102 cm³/mol. The number of aromatic hydroxyl groups is 2. The van der Waals surface area contributed by atoms with Gasteiger partial charge in [-0.2, -0.15) is 10.5 Å². The Bertz CT molecular complexity index is 996. The third-order valence-electron chi connectivity index (χ3n) is 4.33. The lowest BCUT2D eigenvalue weighted by molar-refractivity contribution is 0.101. The topological polar surface area (TPSA) is 118 Å². The number of nitriles is 2. The van der Waals surface area contributed by atoms with E-state index in [1.165, 1.54) is 12.1 Å². The molecule has 0 unspecified atom stereocenters. The fourth-order valence-corrected chi connectivity index (χ4v) is 2.90. The lowest BCUT2D eigenvalue weighted by atomic mass is 10.1. The summed E-state index contributed by atoms with van der Waals surface area (Å²) in [5.74, 6) is -1.19. The van der Waals surface area contributed by atoms with Crippen molar-refractivity contribution in [1.29, 1.82) is 10.5 Å². The van der Waals surface area contributed by atoms with Gasteiger partial charge in [-0.05, 0) is 35.9 Å². The maximum Gasteiger partial charge on any atom is 0.232 e. The van der Waals surface area contributed by atoms with Crippen LogP contribution in [0.15, 0.2) is 42.2 Å². The first-order valence-corrected chi connectivity index (χ1v) is 8.63. The SMILES string of the molecule is N#CCCN(CCC#N)c1ccc(/C=C2\Oc3c(ccc(O)c3O)C2=O)cc1. The maximum atomic E-state index is 12.4. The predicted octanol–water partition coefficient (Wildman–Crippen LogP) is 3.35. The number of fused-ring (bicyclic) bond motifs is 1. The average Bonchev–Trinajstić information content (AvgIpc) is 3.02. The Kier molecular flexibility index (Phi) is 5.48. The molecule has 2 aromatic rings. The van der Waals surface area contributed by atoms with E-state index in [4.69, 9.17) is 15.3 Å². The molecule has 0 spiro atoms. The van der Waals surface area contributed by atoms with Crippen molar-refractivity contribution in [2.24, 2.45) is 0 Å². The van der Waals surface area contributed by atoms with E-state index in [1.54, 1.807) is 18.2 Å². The molecule has 2 N–H and O–H groups in total.